The minimum absolute atomic E-state index is 0.135. The molecule has 10 heteroatoms. The maximum Gasteiger partial charge on any atom is 0.351 e. The number of nitrogens with zero attached hydrogens (tertiary/aromatic N) is 2. The van der Waals surface area contributed by atoms with Crippen LogP contribution < -0.4 is 11.4 Å². The number of aliphatic hydroxyl groups excluding tert-OH is 1. The lowest BCUT2D eigenvalue weighted by Crippen LogP contribution is -2.39. The van der Waals surface area contributed by atoms with Crippen LogP contribution in [-0.2, 0) is 4.74 Å². The maximum absolute atomic E-state index is 13.8. The van der Waals surface area contributed by atoms with Crippen molar-refractivity contribution in [3.05, 3.63) is 27.8 Å². The van der Waals surface area contributed by atoms with Gasteiger partial charge in [-0.05, 0) is 6.08 Å². The highest BCUT2D eigenvalue weighted by Crippen LogP contribution is 2.42. The van der Waals surface area contributed by atoms with E-state index in [2.05, 4.69) is 4.98 Å². The second-order valence-electron chi connectivity index (χ2n) is 4.34. The van der Waals surface area contributed by atoms with Crippen LogP contribution in [-0.4, -0.2) is 39.5 Å². The van der Waals surface area contributed by atoms with Crippen LogP contribution in [0.2, 0.25) is 0 Å². The summed E-state index contributed by atoms with van der Waals surface area (Å²) in [7, 11) is 0. The fraction of sp³-hybridized carbons (Fsp3) is 0.455. The van der Waals surface area contributed by atoms with Gasteiger partial charge in [-0.2, -0.15) is 4.98 Å². The highest BCUT2D eigenvalue weighted by Gasteiger charge is 2.60. The predicted molar refractivity (Wildman–Crippen MR) is 68.6 cm³/mol. The first-order valence-electron chi connectivity index (χ1n) is 5.76. The van der Waals surface area contributed by atoms with Crippen molar-refractivity contribution in [2.24, 2.45) is 0 Å². The standard InChI is InChI=1S/C11H11ClF3N3O3/c12-2-1-5-3-18(10(20)17-8(5)16)9-7(13)11(14,15)6(4-19)21-9/h1-3,6-7,9,19H,4H2,(H2,16,17,20)/b2-1+. The van der Waals surface area contributed by atoms with Crippen LogP contribution in [0.5, 0.6) is 0 Å². The van der Waals surface area contributed by atoms with Crippen LogP contribution >= 0.6 is 11.6 Å². The second kappa shape index (κ2) is 5.66. The number of aliphatic hydroxyl groups is 1. The monoisotopic (exact) mass is 325 g/mol. The molecule has 0 aliphatic carbocycles. The molecule has 3 atom stereocenters. The quantitative estimate of drug-likeness (QED) is 0.861. The summed E-state index contributed by atoms with van der Waals surface area (Å²) in [6.07, 6.45) is -4.51. The van der Waals surface area contributed by atoms with E-state index in [9.17, 15) is 18.0 Å². The van der Waals surface area contributed by atoms with E-state index in [1.807, 2.05) is 0 Å². The summed E-state index contributed by atoms with van der Waals surface area (Å²) in [5, 5.41) is 8.81. The van der Waals surface area contributed by atoms with Gasteiger partial charge in [0.2, 0.25) is 6.17 Å². The Bertz CT molecular complexity index is 622. The van der Waals surface area contributed by atoms with E-state index < -0.39 is 36.7 Å². The molecule has 1 aliphatic heterocycles. The highest BCUT2D eigenvalue weighted by atomic mass is 35.5. The van der Waals surface area contributed by atoms with E-state index in [4.69, 9.17) is 27.2 Å². The van der Waals surface area contributed by atoms with Gasteiger partial charge in [0, 0.05) is 17.3 Å². The third kappa shape index (κ3) is 2.63. The zero-order valence-corrected chi connectivity index (χ0v) is 11.2. The molecule has 6 nitrogen and oxygen atoms in total. The molecular formula is C11H11ClF3N3O3. The first-order chi connectivity index (χ1) is 9.82. The molecule has 1 saturated heterocycles. The number of nitrogens with two attached hydrogens (primary N) is 1. The normalized spacial score (nSPS) is 28.3. The smallest absolute Gasteiger partial charge is 0.351 e. The molecule has 1 aliphatic rings. The Morgan fingerprint density at radius 2 is 2.29 bits per heavy atom. The molecule has 116 valence electrons. The van der Waals surface area contributed by atoms with Crippen molar-refractivity contribution in [3.8, 4) is 0 Å². The number of hydrogen-bond acceptors (Lipinski definition) is 5. The number of aromatic nitrogens is 2. The number of ether oxygens (including phenoxy) is 1. The topological polar surface area (TPSA) is 90.4 Å². The molecule has 2 rings (SSSR count). The third-order valence-electron chi connectivity index (χ3n) is 3.04. The highest BCUT2D eigenvalue weighted by molar-refractivity contribution is 6.27. The number of hydrogen-bond donors (Lipinski definition) is 2. The van der Waals surface area contributed by atoms with Gasteiger partial charge in [-0.3, -0.25) is 4.57 Å². The van der Waals surface area contributed by atoms with Gasteiger partial charge < -0.3 is 15.6 Å². The average Bonchev–Trinajstić information content (AvgIpc) is 2.64. The number of nitrogen functional groups attached to an aromatic ring is 1. The molecule has 0 spiro atoms. The fourth-order valence-electron chi connectivity index (χ4n) is 1.94. The predicted octanol–water partition coefficient (Wildman–Crippen LogP) is 0.898. The van der Waals surface area contributed by atoms with Crippen LogP contribution in [0.4, 0.5) is 19.0 Å². The van der Waals surface area contributed by atoms with Crippen LogP contribution in [0.25, 0.3) is 6.08 Å². The summed E-state index contributed by atoms with van der Waals surface area (Å²) >= 11 is 5.37. The van der Waals surface area contributed by atoms with Gasteiger partial charge in [-0.15, -0.1) is 0 Å². The minimum Gasteiger partial charge on any atom is -0.393 e. The van der Waals surface area contributed by atoms with E-state index in [0.29, 0.717) is 4.57 Å². The summed E-state index contributed by atoms with van der Waals surface area (Å²) in [5.41, 5.74) is 5.61. The SMILES string of the molecule is Nc1nc(=O)n(C2OC(CO)C(F)(F)C2F)cc1/C=C/Cl. The van der Waals surface area contributed by atoms with E-state index in [1.165, 1.54) is 6.08 Å². The lowest BCUT2D eigenvalue weighted by atomic mass is 10.1. The van der Waals surface area contributed by atoms with Gasteiger partial charge in [0.15, 0.2) is 6.23 Å². The molecule has 3 N–H and O–H groups in total. The molecule has 2 heterocycles. The first-order valence-corrected chi connectivity index (χ1v) is 6.20. The molecule has 0 saturated carbocycles. The third-order valence-corrected chi connectivity index (χ3v) is 3.17. The zero-order valence-electron chi connectivity index (χ0n) is 10.4. The maximum atomic E-state index is 13.8. The van der Waals surface area contributed by atoms with E-state index in [0.717, 1.165) is 11.7 Å². The summed E-state index contributed by atoms with van der Waals surface area (Å²) in [4.78, 5) is 15.1. The average molecular weight is 326 g/mol. The zero-order chi connectivity index (χ0) is 15.8. The summed E-state index contributed by atoms with van der Waals surface area (Å²) < 4.78 is 46.2. The molecular weight excluding hydrogens is 315 g/mol. The van der Waals surface area contributed by atoms with Crippen LogP contribution in [0, 0.1) is 0 Å². The first kappa shape index (κ1) is 15.8. The molecule has 1 aromatic rings. The molecule has 0 radical (unpaired) electrons. The Morgan fingerprint density at radius 3 is 2.81 bits per heavy atom. The fourth-order valence-corrected chi connectivity index (χ4v) is 2.08. The van der Waals surface area contributed by atoms with Crippen molar-refractivity contribution in [1.82, 2.24) is 9.55 Å². The summed E-state index contributed by atoms with van der Waals surface area (Å²) in [6.45, 7) is -1.09. The number of anilines is 1. The lowest BCUT2D eigenvalue weighted by Gasteiger charge is -2.17. The molecule has 21 heavy (non-hydrogen) atoms. The van der Waals surface area contributed by atoms with E-state index in [1.54, 1.807) is 0 Å². The second-order valence-corrected chi connectivity index (χ2v) is 4.59. The van der Waals surface area contributed by atoms with Crippen LogP contribution in [0.3, 0.4) is 0 Å². The van der Waals surface area contributed by atoms with Crippen LogP contribution in [0.1, 0.15) is 11.8 Å². The van der Waals surface area contributed by atoms with Crippen molar-refractivity contribution in [3.63, 3.8) is 0 Å². The molecule has 0 bridgehead atoms. The number of alkyl halides is 3. The van der Waals surface area contributed by atoms with Gasteiger partial charge in [0.25, 0.3) is 0 Å². The molecule has 1 aromatic heterocycles. The molecule has 3 unspecified atom stereocenters. The van der Waals surface area contributed by atoms with Crippen molar-refractivity contribution in [2.45, 2.75) is 24.4 Å². The van der Waals surface area contributed by atoms with Crippen molar-refractivity contribution < 1.29 is 23.0 Å². The minimum atomic E-state index is -3.93. The Hall–Kier alpha value is -1.58. The van der Waals surface area contributed by atoms with E-state index in [-0.39, 0.29) is 11.4 Å². The lowest BCUT2D eigenvalue weighted by molar-refractivity contribution is -0.111. The van der Waals surface area contributed by atoms with E-state index >= 15 is 0 Å². The van der Waals surface area contributed by atoms with Crippen molar-refractivity contribution >= 4 is 23.5 Å². The number of halogens is 4. The van der Waals surface area contributed by atoms with Gasteiger partial charge in [0.1, 0.15) is 11.9 Å². The van der Waals surface area contributed by atoms with Crippen molar-refractivity contribution in [2.75, 3.05) is 12.3 Å². The Labute approximate surface area is 121 Å². The van der Waals surface area contributed by atoms with Crippen LogP contribution in [0.15, 0.2) is 16.5 Å². The molecule has 0 aromatic carbocycles. The molecule has 0 amide bonds. The van der Waals surface area contributed by atoms with Gasteiger partial charge in [-0.25, -0.2) is 18.0 Å². The summed E-state index contributed by atoms with van der Waals surface area (Å²) in [5.74, 6) is -4.12. The largest absolute Gasteiger partial charge is 0.393 e. The number of rotatable bonds is 3. The van der Waals surface area contributed by atoms with Gasteiger partial charge in [0.05, 0.1) is 6.61 Å². The Morgan fingerprint density at radius 1 is 1.62 bits per heavy atom. The Balaban J connectivity index is 2.48. The molecule has 1 fully saturated rings. The van der Waals surface area contributed by atoms with Gasteiger partial charge >= 0.3 is 11.6 Å². The van der Waals surface area contributed by atoms with Crippen molar-refractivity contribution in [1.29, 1.82) is 0 Å². The summed E-state index contributed by atoms with van der Waals surface area (Å²) in [6, 6.07) is 0. The Kier molecular flexibility index (Phi) is 4.26. The van der Waals surface area contributed by atoms with Gasteiger partial charge in [-0.1, -0.05) is 11.6 Å².